The maximum absolute atomic E-state index is 13.1. The van der Waals surface area contributed by atoms with Crippen LogP contribution >= 0.6 is 0 Å². The Morgan fingerprint density at radius 1 is 0.870 bits per heavy atom. The summed E-state index contributed by atoms with van der Waals surface area (Å²) in [6, 6.07) is 17.6. The second-order valence-corrected chi connectivity index (χ2v) is 10.8. The highest BCUT2D eigenvalue weighted by Gasteiger charge is 2.30. The Kier molecular flexibility index (Phi) is 8.22. The van der Waals surface area contributed by atoms with E-state index in [2.05, 4.69) is 10.3 Å². The lowest BCUT2D eigenvalue weighted by molar-refractivity contribution is -0.137. The molecule has 0 unspecified atom stereocenters. The number of hydrogen-bond acceptors (Lipinski definition) is 7. The molecule has 0 atom stereocenters. The topological polar surface area (TPSA) is 113 Å². The van der Waals surface area contributed by atoms with Crippen molar-refractivity contribution >= 4 is 28.8 Å². The fraction of sp³-hybridized carbons (Fsp3) is 0.212. The number of aryl methyl sites for hydroxylation is 1. The van der Waals surface area contributed by atoms with Crippen molar-refractivity contribution < 1.29 is 22.8 Å². The molecule has 0 bridgehead atoms. The van der Waals surface area contributed by atoms with Gasteiger partial charge in [0.2, 0.25) is 5.95 Å². The molecule has 1 fully saturated rings. The lowest BCUT2D eigenvalue weighted by atomic mass is 10.1. The fourth-order valence-electron chi connectivity index (χ4n) is 5.28. The molecule has 0 radical (unpaired) electrons. The number of carbonyl (C=O) groups is 2. The van der Waals surface area contributed by atoms with Crippen LogP contribution in [0.2, 0.25) is 0 Å². The van der Waals surface area contributed by atoms with Gasteiger partial charge in [-0.1, -0.05) is 12.1 Å². The van der Waals surface area contributed by atoms with Crippen LogP contribution < -0.4 is 15.8 Å². The van der Waals surface area contributed by atoms with Gasteiger partial charge in [-0.2, -0.15) is 18.2 Å². The van der Waals surface area contributed by atoms with Gasteiger partial charge in [0.25, 0.3) is 17.4 Å². The monoisotopic (exact) mass is 627 g/mol. The number of piperazine rings is 1. The van der Waals surface area contributed by atoms with E-state index in [-0.39, 0.29) is 18.0 Å². The molecule has 5 aromatic rings. The highest BCUT2D eigenvalue weighted by molar-refractivity contribution is 5.95. The van der Waals surface area contributed by atoms with Crippen molar-refractivity contribution in [1.29, 1.82) is 0 Å². The van der Waals surface area contributed by atoms with Gasteiger partial charge in [-0.3, -0.25) is 23.9 Å². The van der Waals surface area contributed by atoms with Crippen molar-refractivity contribution in [2.75, 3.05) is 31.1 Å². The summed E-state index contributed by atoms with van der Waals surface area (Å²) in [6.45, 7) is 3.84. The number of halogens is 3. The molecule has 1 N–H and O–H groups in total. The van der Waals surface area contributed by atoms with Crippen LogP contribution in [0.3, 0.4) is 0 Å². The normalized spacial score (nSPS) is 13.6. The van der Waals surface area contributed by atoms with Gasteiger partial charge in [0.1, 0.15) is 0 Å². The first-order chi connectivity index (χ1) is 22.1. The summed E-state index contributed by atoms with van der Waals surface area (Å²) in [5.74, 6) is -0.0654. The minimum Gasteiger partial charge on any atom is -0.348 e. The van der Waals surface area contributed by atoms with Crippen LogP contribution in [-0.4, -0.2) is 62.4 Å². The molecule has 1 aliphatic rings. The van der Waals surface area contributed by atoms with E-state index in [4.69, 9.17) is 9.97 Å². The highest BCUT2D eigenvalue weighted by Crippen LogP contribution is 2.29. The van der Waals surface area contributed by atoms with E-state index in [0.29, 0.717) is 71.2 Å². The molecule has 3 aromatic heterocycles. The second-order valence-electron chi connectivity index (χ2n) is 10.8. The summed E-state index contributed by atoms with van der Waals surface area (Å²) in [5, 5.41) is 3.39. The van der Waals surface area contributed by atoms with Crippen molar-refractivity contribution in [2.45, 2.75) is 19.6 Å². The standard InChI is InChI=1S/C33H28F3N7O3/c1-21-27-12-13-28(44)43(26-10-6-23(7-11-26)30(45)38-19-22-4-8-25(9-5-22)33(34,35)36)29(27)40-32(39-21)42-17-15-41(16-18-42)31(46)24-3-2-14-37-20-24/h2-14,20H,15-19H2,1H3,(H,38,45). The molecule has 4 heterocycles. The molecular weight excluding hydrogens is 599 g/mol. The summed E-state index contributed by atoms with van der Waals surface area (Å²) in [5.41, 5.74) is 1.87. The van der Waals surface area contributed by atoms with E-state index in [9.17, 15) is 27.6 Å². The number of fused-ring (bicyclic) bond motifs is 1. The summed E-state index contributed by atoms with van der Waals surface area (Å²) in [4.78, 5) is 56.0. The number of nitrogens with one attached hydrogen (secondary N) is 1. The van der Waals surface area contributed by atoms with Crippen molar-refractivity contribution in [3.05, 3.63) is 123 Å². The van der Waals surface area contributed by atoms with E-state index in [1.807, 2.05) is 11.8 Å². The predicted molar refractivity (Wildman–Crippen MR) is 165 cm³/mol. The average Bonchev–Trinajstić information content (AvgIpc) is 3.07. The van der Waals surface area contributed by atoms with E-state index in [1.54, 1.807) is 59.8 Å². The van der Waals surface area contributed by atoms with E-state index >= 15 is 0 Å². The third-order valence-corrected chi connectivity index (χ3v) is 7.81. The van der Waals surface area contributed by atoms with Gasteiger partial charge in [-0.05, 0) is 67.1 Å². The molecular formula is C33H28F3N7O3. The Balaban J connectivity index is 1.19. The van der Waals surface area contributed by atoms with Gasteiger partial charge in [0, 0.05) is 62.1 Å². The van der Waals surface area contributed by atoms with E-state index in [0.717, 1.165) is 12.1 Å². The minimum atomic E-state index is -4.43. The first kappa shape index (κ1) is 30.4. The third-order valence-electron chi connectivity index (χ3n) is 7.81. The SMILES string of the molecule is Cc1nc(N2CCN(C(=O)c3cccnc3)CC2)nc2c1ccc(=O)n2-c1ccc(C(=O)NCc2ccc(C(F)(F)F)cc2)cc1. The van der Waals surface area contributed by atoms with Crippen LogP contribution in [0.1, 0.15) is 37.5 Å². The number of aromatic nitrogens is 4. The summed E-state index contributed by atoms with van der Waals surface area (Å²) in [7, 11) is 0. The minimum absolute atomic E-state index is 0.0480. The van der Waals surface area contributed by atoms with Crippen LogP contribution in [0.15, 0.2) is 90.0 Å². The third kappa shape index (κ3) is 6.29. The smallest absolute Gasteiger partial charge is 0.348 e. The van der Waals surface area contributed by atoms with E-state index < -0.39 is 17.6 Å². The van der Waals surface area contributed by atoms with Gasteiger partial charge < -0.3 is 15.1 Å². The van der Waals surface area contributed by atoms with Crippen molar-refractivity contribution in [3.8, 4) is 5.69 Å². The number of rotatable bonds is 6. The molecule has 2 amide bonds. The number of amides is 2. The number of pyridine rings is 2. The maximum atomic E-state index is 13.1. The Bertz CT molecular complexity index is 1950. The molecule has 234 valence electrons. The Labute approximate surface area is 261 Å². The lowest BCUT2D eigenvalue weighted by Crippen LogP contribution is -2.49. The van der Waals surface area contributed by atoms with Crippen molar-refractivity contribution in [3.63, 3.8) is 0 Å². The lowest BCUT2D eigenvalue weighted by Gasteiger charge is -2.35. The molecule has 1 aliphatic heterocycles. The predicted octanol–water partition coefficient (Wildman–Crippen LogP) is 4.40. The van der Waals surface area contributed by atoms with Gasteiger partial charge >= 0.3 is 6.18 Å². The Morgan fingerprint density at radius 2 is 1.59 bits per heavy atom. The number of benzene rings is 2. The summed E-state index contributed by atoms with van der Waals surface area (Å²) in [6.07, 6.45) is -1.26. The average molecular weight is 628 g/mol. The van der Waals surface area contributed by atoms with Crippen LogP contribution in [0.5, 0.6) is 0 Å². The molecule has 0 aliphatic carbocycles. The Hall–Kier alpha value is -5.59. The highest BCUT2D eigenvalue weighted by atomic mass is 19.4. The van der Waals surface area contributed by atoms with Gasteiger partial charge in [0.15, 0.2) is 5.65 Å². The zero-order chi connectivity index (χ0) is 32.4. The summed E-state index contributed by atoms with van der Waals surface area (Å²) < 4.78 is 39.9. The van der Waals surface area contributed by atoms with Crippen LogP contribution in [0.25, 0.3) is 16.7 Å². The first-order valence-electron chi connectivity index (χ1n) is 14.5. The zero-order valence-corrected chi connectivity index (χ0v) is 24.7. The van der Waals surface area contributed by atoms with Crippen molar-refractivity contribution in [1.82, 2.24) is 29.7 Å². The molecule has 46 heavy (non-hydrogen) atoms. The van der Waals surface area contributed by atoms with Crippen molar-refractivity contribution in [2.24, 2.45) is 0 Å². The van der Waals surface area contributed by atoms with Crippen LogP contribution in [-0.2, 0) is 12.7 Å². The number of anilines is 1. The maximum Gasteiger partial charge on any atom is 0.416 e. The largest absolute Gasteiger partial charge is 0.416 e. The molecule has 10 nitrogen and oxygen atoms in total. The number of carbonyl (C=O) groups excluding carboxylic acids is 2. The zero-order valence-electron chi connectivity index (χ0n) is 24.7. The molecule has 13 heteroatoms. The molecule has 1 saturated heterocycles. The number of nitrogens with zero attached hydrogens (tertiary/aromatic N) is 6. The fourth-order valence-corrected chi connectivity index (χ4v) is 5.28. The van der Waals surface area contributed by atoms with Gasteiger partial charge in [0.05, 0.1) is 22.5 Å². The molecule has 0 saturated carbocycles. The molecule has 6 rings (SSSR count). The Morgan fingerprint density at radius 3 is 2.24 bits per heavy atom. The van der Waals surface area contributed by atoms with Crippen LogP contribution in [0, 0.1) is 6.92 Å². The molecule has 2 aromatic carbocycles. The number of alkyl halides is 3. The van der Waals surface area contributed by atoms with E-state index in [1.165, 1.54) is 22.8 Å². The van der Waals surface area contributed by atoms with Gasteiger partial charge in [-0.25, -0.2) is 4.98 Å². The first-order valence-corrected chi connectivity index (χ1v) is 14.5. The quantitative estimate of drug-likeness (QED) is 0.297. The molecule has 0 spiro atoms. The van der Waals surface area contributed by atoms with Gasteiger partial charge in [-0.15, -0.1) is 0 Å². The summed E-state index contributed by atoms with van der Waals surface area (Å²) >= 11 is 0. The van der Waals surface area contributed by atoms with Crippen LogP contribution in [0.4, 0.5) is 19.1 Å². The number of hydrogen-bond donors (Lipinski definition) is 1. The second kappa shape index (κ2) is 12.4.